The summed E-state index contributed by atoms with van der Waals surface area (Å²) in [7, 11) is 0. The summed E-state index contributed by atoms with van der Waals surface area (Å²) in [5.41, 5.74) is 8.77. The smallest absolute Gasteiger partial charge is 0.0625 e. The lowest BCUT2D eigenvalue weighted by molar-refractivity contribution is 0.267. The van der Waals surface area contributed by atoms with E-state index in [0.717, 1.165) is 17.0 Å². The van der Waals surface area contributed by atoms with Crippen LogP contribution in [0, 0.1) is 13.8 Å². The summed E-state index contributed by atoms with van der Waals surface area (Å²) in [5.74, 6) is 0. The van der Waals surface area contributed by atoms with Crippen molar-refractivity contribution in [3.05, 3.63) is 23.0 Å². The van der Waals surface area contributed by atoms with Crippen molar-refractivity contribution in [3.63, 3.8) is 0 Å². The van der Waals surface area contributed by atoms with Crippen LogP contribution in [-0.2, 0) is 0 Å². The average Bonchev–Trinajstić information content (AvgIpc) is 2.28. The first-order chi connectivity index (χ1) is 5.15. The van der Waals surface area contributed by atoms with Crippen LogP contribution < -0.4 is 5.73 Å². The zero-order valence-electron chi connectivity index (χ0n) is 6.89. The lowest BCUT2D eigenvalue weighted by Crippen LogP contribution is -2.14. The van der Waals surface area contributed by atoms with Gasteiger partial charge in [0.05, 0.1) is 12.6 Å². The summed E-state index contributed by atoms with van der Waals surface area (Å²) in [6.07, 6.45) is 0. The lowest BCUT2D eigenvalue weighted by atomic mass is 10.1. The molecule has 0 unspecified atom stereocenters. The van der Waals surface area contributed by atoms with Gasteiger partial charge in [-0.15, -0.1) is 0 Å². The highest BCUT2D eigenvalue weighted by Crippen LogP contribution is 2.15. The zero-order chi connectivity index (χ0) is 8.43. The average molecular weight is 154 g/mol. The Morgan fingerprint density at radius 1 is 1.64 bits per heavy atom. The van der Waals surface area contributed by atoms with Gasteiger partial charge in [-0.05, 0) is 25.5 Å². The highest BCUT2D eigenvalue weighted by Gasteiger charge is 2.08. The number of rotatable bonds is 2. The van der Waals surface area contributed by atoms with Crippen molar-refractivity contribution in [2.24, 2.45) is 5.73 Å². The van der Waals surface area contributed by atoms with Gasteiger partial charge >= 0.3 is 0 Å². The summed E-state index contributed by atoms with van der Waals surface area (Å²) in [6, 6.07) is 1.72. The Morgan fingerprint density at radius 3 is 2.64 bits per heavy atom. The van der Waals surface area contributed by atoms with Crippen molar-refractivity contribution in [2.75, 3.05) is 6.61 Å². The third kappa shape index (κ3) is 1.61. The SMILES string of the molecule is Cc1cc([C@@H](N)CO)c(C)[nH]1. The molecule has 0 aliphatic carbocycles. The molecule has 11 heavy (non-hydrogen) atoms. The number of aromatic nitrogens is 1. The van der Waals surface area contributed by atoms with E-state index in [0.29, 0.717) is 0 Å². The van der Waals surface area contributed by atoms with E-state index in [-0.39, 0.29) is 12.6 Å². The van der Waals surface area contributed by atoms with Crippen molar-refractivity contribution in [1.29, 1.82) is 0 Å². The van der Waals surface area contributed by atoms with Crippen LogP contribution in [0.4, 0.5) is 0 Å². The fourth-order valence-corrected chi connectivity index (χ4v) is 1.23. The molecule has 0 amide bonds. The Hall–Kier alpha value is -0.800. The maximum atomic E-state index is 8.78. The van der Waals surface area contributed by atoms with Gasteiger partial charge in [-0.2, -0.15) is 0 Å². The molecule has 62 valence electrons. The Balaban J connectivity index is 2.93. The number of hydrogen-bond acceptors (Lipinski definition) is 2. The summed E-state index contributed by atoms with van der Waals surface area (Å²) in [5, 5.41) is 8.78. The van der Waals surface area contributed by atoms with Gasteiger partial charge in [0, 0.05) is 11.4 Å². The molecular weight excluding hydrogens is 140 g/mol. The number of nitrogens with one attached hydrogen (secondary N) is 1. The largest absolute Gasteiger partial charge is 0.394 e. The highest BCUT2D eigenvalue weighted by molar-refractivity contribution is 5.27. The van der Waals surface area contributed by atoms with Gasteiger partial charge in [0.25, 0.3) is 0 Å². The maximum absolute atomic E-state index is 8.78. The topological polar surface area (TPSA) is 62.0 Å². The summed E-state index contributed by atoms with van der Waals surface area (Å²) < 4.78 is 0. The fourth-order valence-electron chi connectivity index (χ4n) is 1.23. The van der Waals surface area contributed by atoms with E-state index in [1.165, 1.54) is 0 Å². The molecule has 0 spiro atoms. The molecule has 1 aromatic heterocycles. The summed E-state index contributed by atoms with van der Waals surface area (Å²) in [6.45, 7) is 3.93. The first-order valence-corrected chi connectivity index (χ1v) is 3.67. The first kappa shape index (κ1) is 8.30. The van der Waals surface area contributed by atoms with Gasteiger partial charge < -0.3 is 15.8 Å². The van der Waals surface area contributed by atoms with Crippen LogP contribution in [-0.4, -0.2) is 16.7 Å². The van der Waals surface area contributed by atoms with Gasteiger partial charge in [0.2, 0.25) is 0 Å². The molecule has 1 aromatic rings. The van der Waals surface area contributed by atoms with Gasteiger partial charge in [0.15, 0.2) is 0 Å². The van der Waals surface area contributed by atoms with Crippen LogP contribution in [0.25, 0.3) is 0 Å². The molecular formula is C8H14N2O. The van der Waals surface area contributed by atoms with Crippen LogP contribution in [0.5, 0.6) is 0 Å². The molecule has 1 rings (SSSR count). The molecule has 1 atom stereocenters. The molecule has 0 radical (unpaired) electrons. The monoisotopic (exact) mass is 154 g/mol. The van der Waals surface area contributed by atoms with Crippen molar-refractivity contribution in [3.8, 4) is 0 Å². The van der Waals surface area contributed by atoms with E-state index >= 15 is 0 Å². The fraction of sp³-hybridized carbons (Fsp3) is 0.500. The molecule has 0 aliphatic heterocycles. The van der Waals surface area contributed by atoms with Crippen molar-refractivity contribution >= 4 is 0 Å². The minimum absolute atomic E-state index is 0.00185. The van der Waals surface area contributed by atoms with Crippen LogP contribution >= 0.6 is 0 Å². The molecule has 0 aromatic carbocycles. The molecule has 1 heterocycles. The van der Waals surface area contributed by atoms with Crippen LogP contribution in [0.3, 0.4) is 0 Å². The summed E-state index contributed by atoms with van der Waals surface area (Å²) >= 11 is 0. The highest BCUT2D eigenvalue weighted by atomic mass is 16.3. The number of aliphatic hydroxyl groups is 1. The van der Waals surface area contributed by atoms with Crippen molar-refractivity contribution in [2.45, 2.75) is 19.9 Å². The van der Waals surface area contributed by atoms with Gasteiger partial charge in [0.1, 0.15) is 0 Å². The van der Waals surface area contributed by atoms with Gasteiger partial charge in [-0.3, -0.25) is 0 Å². The standard InChI is InChI=1S/C8H14N2O/c1-5-3-7(6(2)10-5)8(9)4-11/h3,8,10-11H,4,9H2,1-2H3/t8-/m0/s1. The van der Waals surface area contributed by atoms with E-state index in [1.54, 1.807) is 0 Å². The number of aryl methyl sites for hydroxylation is 2. The van der Waals surface area contributed by atoms with Gasteiger partial charge in [-0.25, -0.2) is 0 Å². The molecule has 4 N–H and O–H groups in total. The quantitative estimate of drug-likeness (QED) is 0.585. The predicted octanol–water partition coefficient (Wildman–Crippen LogP) is 0.624. The number of aliphatic hydroxyl groups excluding tert-OH is 1. The third-order valence-electron chi connectivity index (χ3n) is 1.79. The Labute approximate surface area is 66.2 Å². The Bertz CT molecular complexity index is 242. The molecule has 3 heteroatoms. The molecule has 3 nitrogen and oxygen atoms in total. The third-order valence-corrected chi connectivity index (χ3v) is 1.79. The van der Waals surface area contributed by atoms with Crippen molar-refractivity contribution < 1.29 is 5.11 Å². The van der Waals surface area contributed by atoms with Gasteiger partial charge in [-0.1, -0.05) is 0 Å². The molecule has 0 aliphatic rings. The Kier molecular flexibility index (Phi) is 2.31. The predicted molar refractivity (Wildman–Crippen MR) is 44.3 cm³/mol. The molecule has 0 bridgehead atoms. The molecule has 0 saturated carbocycles. The van der Waals surface area contributed by atoms with Crippen molar-refractivity contribution in [1.82, 2.24) is 4.98 Å². The Morgan fingerprint density at radius 2 is 2.27 bits per heavy atom. The lowest BCUT2D eigenvalue weighted by Gasteiger charge is -2.05. The first-order valence-electron chi connectivity index (χ1n) is 3.67. The van der Waals surface area contributed by atoms with E-state index in [1.807, 2.05) is 19.9 Å². The second-order valence-corrected chi connectivity index (χ2v) is 2.82. The number of hydrogen-bond donors (Lipinski definition) is 3. The normalized spacial score (nSPS) is 13.5. The van der Waals surface area contributed by atoms with E-state index in [2.05, 4.69) is 4.98 Å². The number of nitrogens with two attached hydrogens (primary N) is 1. The van der Waals surface area contributed by atoms with Crippen LogP contribution in [0.1, 0.15) is 23.0 Å². The number of H-pyrrole nitrogens is 1. The zero-order valence-corrected chi connectivity index (χ0v) is 6.89. The number of aromatic amines is 1. The van der Waals surface area contributed by atoms with Crippen LogP contribution in [0.2, 0.25) is 0 Å². The van der Waals surface area contributed by atoms with Crippen LogP contribution in [0.15, 0.2) is 6.07 Å². The second-order valence-electron chi connectivity index (χ2n) is 2.82. The van der Waals surface area contributed by atoms with E-state index in [4.69, 9.17) is 10.8 Å². The minimum atomic E-state index is -0.250. The molecule has 0 fully saturated rings. The summed E-state index contributed by atoms with van der Waals surface area (Å²) in [4.78, 5) is 3.13. The molecule has 0 saturated heterocycles. The maximum Gasteiger partial charge on any atom is 0.0625 e. The minimum Gasteiger partial charge on any atom is -0.394 e. The van der Waals surface area contributed by atoms with E-state index in [9.17, 15) is 0 Å². The second kappa shape index (κ2) is 3.07. The van der Waals surface area contributed by atoms with E-state index < -0.39 is 0 Å².